The minimum Gasteiger partial charge on any atom is -0.493 e. The molecule has 2 aromatic carbocycles. The van der Waals surface area contributed by atoms with E-state index in [1.54, 1.807) is 0 Å². The predicted octanol–water partition coefficient (Wildman–Crippen LogP) is 6.01. The van der Waals surface area contributed by atoms with E-state index >= 15 is 0 Å². The van der Waals surface area contributed by atoms with Crippen molar-refractivity contribution >= 4 is 0 Å². The first-order valence-electron chi connectivity index (χ1n) is 8.66. The Morgan fingerprint density at radius 2 is 1.52 bits per heavy atom. The molecule has 0 N–H and O–H groups in total. The third-order valence-electron chi connectivity index (χ3n) is 4.36. The highest BCUT2D eigenvalue weighted by atomic mass is 19.4. The molecule has 0 spiro atoms. The average molecular weight is 371 g/mol. The second-order valence-corrected chi connectivity index (χ2v) is 6.43. The number of benzene rings is 2. The van der Waals surface area contributed by atoms with Gasteiger partial charge in [-0.3, -0.25) is 4.98 Å². The van der Waals surface area contributed by atoms with Crippen LogP contribution >= 0.6 is 0 Å². The molecule has 0 aliphatic heterocycles. The molecule has 1 heterocycles. The molecule has 5 heteroatoms. The van der Waals surface area contributed by atoms with Gasteiger partial charge in [0, 0.05) is 17.7 Å². The number of ether oxygens (including phenoxy) is 1. The van der Waals surface area contributed by atoms with Crippen LogP contribution in [-0.4, -0.2) is 11.6 Å². The lowest BCUT2D eigenvalue weighted by Gasteiger charge is -2.11. The van der Waals surface area contributed by atoms with Crippen molar-refractivity contribution in [1.29, 1.82) is 0 Å². The monoisotopic (exact) mass is 371 g/mol. The first-order chi connectivity index (χ1) is 12.8. The van der Waals surface area contributed by atoms with E-state index in [1.807, 2.05) is 50.2 Å². The maximum Gasteiger partial charge on any atom is 0.416 e. The van der Waals surface area contributed by atoms with Gasteiger partial charge in [-0.05, 0) is 49.7 Å². The van der Waals surface area contributed by atoms with Gasteiger partial charge in [0.1, 0.15) is 5.75 Å². The van der Waals surface area contributed by atoms with Gasteiger partial charge in [-0.2, -0.15) is 13.2 Å². The standard InChI is InChI=1S/C22H20F3NO/c1-15-3-10-20(11-4-15)27-14-13-17-7-12-21(26-16(17)2)18-5-8-19(9-6-18)22(23,24)25/h3-12H,13-14H2,1-2H3. The van der Waals surface area contributed by atoms with Gasteiger partial charge < -0.3 is 4.74 Å². The Bertz CT molecular complexity index is 900. The van der Waals surface area contributed by atoms with Crippen molar-refractivity contribution in [2.45, 2.75) is 26.4 Å². The molecule has 3 rings (SSSR count). The van der Waals surface area contributed by atoms with E-state index in [0.29, 0.717) is 24.3 Å². The maximum atomic E-state index is 12.7. The Morgan fingerprint density at radius 1 is 0.852 bits per heavy atom. The van der Waals surface area contributed by atoms with Gasteiger partial charge in [-0.25, -0.2) is 0 Å². The summed E-state index contributed by atoms with van der Waals surface area (Å²) in [6.07, 6.45) is -3.62. The second kappa shape index (κ2) is 7.82. The summed E-state index contributed by atoms with van der Waals surface area (Å²) in [4.78, 5) is 4.54. The largest absolute Gasteiger partial charge is 0.493 e. The van der Waals surface area contributed by atoms with Crippen molar-refractivity contribution in [2.75, 3.05) is 6.61 Å². The Labute approximate surface area is 156 Å². The highest BCUT2D eigenvalue weighted by Gasteiger charge is 2.30. The smallest absolute Gasteiger partial charge is 0.416 e. The molecule has 3 aromatic rings. The van der Waals surface area contributed by atoms with Crippen LogP contribution in [0.25, 0.3) is 11.3 Å². The van der Waals surface area contributed by atoms with E-state index in [-0.39, 0.29) is 0 Å². The molecule has 140 valence electrons. The van der Waals surface area contributed by atoms with Crippen LogP contribution in [0.5, 0.6) is 5.75 Å². The molecule has 0 amide bonds. The first-order valence-corrected chi connectivity index (χ1v) is 8.66. The molecule has 0 saturated heterocycles. The van der Waals surface area contributed by atoms with Crippen LogP contribution in [-0.2, 0) is 12.6 Å². The first kappa shape index (κ1) is 19.0. The number of alkyl halides is 3. The lowest BCUT2D eigenvalue weighted by Crippen LogP contribution is -2.05. The van der Waals surface area contributed by atoms with Crippen LogP contribution in [0.1, 0.15) is 22.4 Å². The number of aryl methyl sites for hydroxylation is 2. The molecule has 0 saturated carbocycles. The third kappa shape index (κ3) is 4.88. The quantitative estimate of drug-likeness (QED) is 0.548. The number of hydrogen-bond acceptors (Lipinski definition) is 2. The number of aromatic nitrogens is 1. The summed E-state index contributed by atoms with van der Waals surface area (Å²) in [5.74, 6) is 0.826. The second-order valence-electron chi connectivity index (χ2n) is 6.43. The van der Waals surface area contributed by atoms with E-state index in [9.17, 15) is 13.2 Å². The van der Waals surface area contributed by atoms with E-state index in [1.165, 1.54) is 17.7 Å². The number of rotatable bonds is 5. The zero-order valence-corrected chi connectivity index (χ0v) is 15.2. The molecule has 0 fully saturated rings. The fourth-order valence-electron chi connectivity index (χ4n) is 2.76. The van der Waals surface area contributed by atoms with Crippen LogP contribution in [0.4, 0.5) is 13.2 Å². The van der Waals surface area contributed by atoms with Crippen molar-refractivity contribution in [3.05, 3.63) is 83.0 Å². The summed E-state index contributed by atoms with van der Waals surface area (Å²) >= 11 is 0. The molecule has 0 bridgehead atoms. The summed E-state index contributed by atoms with van der Waals surface area (Å²) in [6.45, 7) is 4.46. The van der Waals surface area contributed by atoms with E-state index in [4.69, 9.17) is 4.74 Å². The Hall–Kier alpha value is -2.82. The van der Waals surface area contributed by atoms with Crippen LogP contribution < -0.4 is 4.74 Å². The average Bonchev–Trinajstić information content (AvgIpc) is 2.64. The summed E-state index contributed by atoms with van der Waals surface area (Å²) in [7, 11) is 0. The van der Waals surface area contributed by atoms with Gasteiger partial charge in [0.15, 0.2) is 0 Å². The van der Waals surface area contributed by atoms with Gasteiger partial charge in [0.05, 0.1) is 17.9 Å². The molecular weight excluding hydrogens is 351 g/mol. The van der Waals surface area contributed by atoms with E-state index in [0.717, 1.165) is 29.1 Å². The molecule has 0 aliphatic carbocycles. The predicted molar refractivity (Wildman–Crippen MR) is 99.8 cm³/mol. The Morgan fingerprint density at radius 3 is 2.11 bits per heavy atom. The molecule has 0 aliphatic rings. The van der Waals surface area contributed by atoms with Crippen LogP contribution in [0.3, 0.4) is 0 Å². The number of hydrogen-bond donors (Lipinski definition) is 0. The number of pyridine rings is 1. The molecule has 27 heavy (non-hydrogen) atoms. The summed E-state index contributed by atoms with van der Waals surface area (Å²) < 4.78 is 43.8. The SMILES string of the molecule is Cc1ccc(OCCc2ccc(-c3ccc(C(F)(F)F)cc3)nc2C)cc1. The lowest BCUT2D eigenvalue weighted by molar-refractivity contribution is -0.137. The van der Waals surface area contributed by atoms with Gasteiger partial charge in [-0.15, -0.1) is 0 Å². The minimum absolute atomic E-state index is 0.533. The van der Waals surface area contributed by atoms with E-state index in [2.05, 4.69) is 4.98 Å². The molecule has 2 nitrogen and oxygen atoms in total. The normalized spacial score (nSPS) is 11.4. The van der Waals surface area contributed by atoms with Crippen molar-refractivity contribution in [1.82, 2.24) is 4.98 Å². The number of nitrogens with zero attached hydrogens (tertiary/aromatic N) is 1. The summed E-state index contributed by atoms with van der Waals surface area (Å²) in [5.41, 5.74) is 3.74. The summed E-state index contributed by atoms with van der Waals surface area (Å²) in [6, 6.07) is 16.7. The van der Waals surface area contributed by atoms with Crippen molar-refractivity contribution in [2.24, 2.45) is 0 Å². The van der Waals surface area contributed by atoms with Crippen molar-refractivity contribution in [3.63, 3.8) is 0 Å². The number of halogens is 3. The fraction of sp³-hybridized carbons (Fsp3) is 0.227. The van der Waals surface area contributed by atoms with Gasteiger partial charge in [-0.1, -0.05) is 35.9 Å². The summed E-state index contributed by atoms with van der Waals surface area (Å²) in [5, 5.41) is 0. The minimum atomic E-state index is -4.33. The Kier molecular flexibility index (Phi) is 5.49. The van der Waals surface area contributed by atoms with Crippen molar-refractivity contribution in [3.8, 4) is 17.0 Å². The molecule has 0 unspecified atom stereocenters. The third-order valence-corrected chi connectivity index (χ3v) is 4.36. The molecule has 0 radical (unpaired) electrons. The van der Waals surface area contributed by atoms with Gasteiger partial charge in [0.2, 0.25) is 0 Å². The molecule has 0 atom stereocenters. The van der Waals surface area contributed by atoms with E-state index < -0.39 is 11.7 Å². The lowest BCUT2D eigenvalue weighted by atomic mass is 10.1. The van der Waals surface area contributed by atoms with Gasteiger partial charge in [0.25, 0.3) is 0 Å². The van der Waals surface area contributed by atoms with Crippen LogP contribution in [0, 0.1) is 13.8 Å². The zero-order chi connectivity index (χ0) is 19.4. The highest BCUT2D eigenvalue weighted by molar-refractivity contribution is 5.60. The van der Waals surface area contributed by atoms with Gasteiger partial charge >= 0.3 is 6.18 Å². The zero-order valence-electron chi connectivity index (χ0n) is 15.2. The maximum absolute atomic E-state index is 12.7. The van der Waals surface area contributed by atoms with Crippen LogP contribution in [0.2, 0.25) is 0 Å². The topological polar surface area (TPSA) is 22.1 Å². The molecule has 1 aromatic heterocycles. The fourth-order valence-corrected chi connectivity index (χ4v) is 2.76. The van der Waals surface area contributed by atoms with Crippen LogP contribution in [0.15, 0.2) is 60.7 Å². The Balaban J connectivity index is 1.65. The molecular formula is C22H20F3NO. The highest BCUT2D eigenvalue weighted by Crippen LogP contribution is 2.30. The van der Waals surface area contributed by atoms with Crippen molar-refractivity contribution < 1.29 is 17.9 Å².